The lowest BCUT2D eigenvalue weighted by atomic mass is 10.2. The Morgan fingerprint density at radius 3 is 1.48 bits per heavy atom. The van der Waals surface area contributed by atoms with E-state index < -0.39 is 12.6 Å². The van der Waals surface area contributed by atoms with Crippen molar-refractivity contribution in [1.82, 2.24) is 10.2 Å². The molecule has 0 aliphatic carbocycles. The molecule has 0 spiro atoms. The lowest BCUT2D eigenvalue weighted by Crippen LogP contribution is -2.43. The average Bonchev–Trinajstić information content (AvgIpc) is 2.98. The molecule has 254 valence electrons. The highest BCUT2D eigenvalue weighted by molar-refractivity contribution is 4.68. The molecule has 0 heterocycles. The molecule has 12 nitrogen and oxygen atoms in total. The van der Waals surface area contributed by atoms with E-state index >= 15 is 0 Å². The van der Waals surface area contributed by atoms with E-state index in [0.717, 1.165) is 19.4 Å². The van der Waals surface area contributed by atoms with Crippen LogP contribution in [0.2, 0.25) is 0 Å². The van der Waals surface area contributed by atoms with Crippen LogP contribution >= 0.6 is 0 Å². The maximum absolute atomic E-state index is 9.44. The summed E-state index contributed by atoms with van der Waals surface area (Å²) in [4.78, 5) is 2.03. The van der Waals surface area contributed by atoms with E-state index in [4.69, 9.17) is 37.9 Å². The van der Waals surface area contributed by atoms with Crippen molar-refractivity contribution in [2.45, 2.75) is 91.3 Å². The fraction of sp³-hybridized carbons (Fsp3) is 1.00. The highest BCUT2D eigenvalue weighted by atomic mass is 16.7. The minimum absolute atomic E-state index is 0.00433. The normalized spacial score (nSPS) is 17.2. The molecule has 5 unspecified atom stereocenters. The van der Waals surface area contributed by atoms with Gasteiger partial charge in [-0.25, -0.2) is 0 Å². The Kier molecular flexibility index (Phi) is 27.7. The smallest absolute Gasteiger partial charge is 0.173 e. The van der Waals surface area contributed by atoms with E-state index in [1.807, 2.05) is 53.6 Å². The first-order valence-corrected chi connectivity index (χ1v) is 15.7. The molecular formula is C30H64N2O10. The Morgan fingerprint density at radius 2 is 1.05 bits per heavy atom. The zero-order valence-corrected chi connectivity index (χ0v) is 27.8. The molecule has 0 saturated carbocycles. The summed E-state index contributed by atoms with van der Waals surface area (Å²) in [5, 5.41) is 22.2. The number of hydrogen-bond donors (Lipinski definition) is 3. The highest BCUT2D eigenvalue weighted by Crippen LogP contribution is 2.12. The van der Waals surface area contributed by atoms with Crippen LogP contribution in [0.1, 0.15) is 54.4 Å². The van der Waals surface area contributed by atoms with Crippen molar-refractivity contribution >= 4 is 0 Å². The van der Waals surface area contributed by atoms with Gasteiger partial charge in [0.25, 0.3) is 0 Å². The second-order valence-electron chi connectivity index (χ2n) is 10.7. The lowest BCUT2D eigenvalue weighted by Gasteiger charge is -2.31. The molecule has 0 saturated heterocycles. The zero-order chi connectivity index (χ0) is 31.6. The summed E-state index contributed by atoms with van der Waals surface area (Å²) in [5.74, 6) is 0.253. The van der Waals surface area contributed by atoms with Gasteiger partial charge in [-0.3, -0.25) is 0 Å². The molecule has 42 heavy (non-hydrogen) atoms. The van der Waals surface area contributed by atoms with Crippen molar-refractivity contribution in [3.63, 3.8) is 0 Å². The van der Waals surface area contributed by atoms with Crippen LogP contribution in [-0.2, 0) is 37.9 Å². The van der Waals surface area contributed by atoms with Crippen molar-refractivity contribution in [3.05, 3.63) is 0 Å². The third-order valence-corrected chi connectivity index (χ3v) is 6.68. The number of aliphatic hydroxyl groups excluding tert-OH is 2. The third-order valence-electron chi connectivity index (χ3n) is 6.68. The molecule has 0 aromatic rings. The molecular weight excluding hydrogens is 548 g/mol. The van der Waals surface area contributed by atoms with E-state index in [2.05, 4.69) is 12.2 Å². The molecule has 0 rings (SSSR count). The number of hydrogen-bond acceptors (Lipinski definition) is 12. The number of nitrogens with zero attached hydrogens (tertiary/aromatic N) is 1. The van der Waals surface area contributed by atoms with Crippen LogP contribution in [0.25, 0.3) is 0 Å². The number of ether oxygens (including phenoxy) is 8. The molecule has 0 aromatic heterocycles. The van der Waals surface area contributed by atoms with Crippen LogP contribution in [0.5, 0.6) is 0 Å². The van der Waals surface area contributed by atoms with Crippen LogP contribution in [0, 0.1) is 5.92 Å². The van der Waals surface area contributed by atoms with Crippen LogP contribution < -0.4 is 5.32 Å². The molecule has 7 atom stereocenters. The molecule has 0 radical (unpaired) electrons. The van der Waals surface area contributed by atoms with Gasteiger partial charge in [-0.15, -0.1) is 0 Å². The van der Waals surface area contributed by atoms with Gasteiger partial charge in [-0.1, -0.05) is 27.7 Å². The van der Waals surface area contributed by atoms with Gasteiger partial charge in [-0.05, 0) is 47.3 Å². The summed E-state index contributed by atoms with van der Waals surface area (Å²) >= 11 is 0. The Labute approximate surface area is 255 Å². The largest absolute Gasteiger partial charge is 0.394 e. The van der Waals surface area contributed by atoms with Crippen molar-refractivity contribution in [3.8, 4) is 0 Å². The van der Waals surface area contributed by atoms with Gasteiger partial charge >= 0.3 is 0 Å². The van der Waals surface area contributed by atoms with Crippen molar-refractivity contribution in [2.75, 3.05) is 99.9 Å². The quantitative estimate of drug-likeness (QED) is 0.0781. The summed E-state index contributed by atoms with van der Waals surface area (Å²) in [5.41, 5.74) is 0. The summed E-state index contributed by atoms with van der Waals surface area (Å²) in [6.45, 7) is 17.6. The number of nitrogens with one attached hydrogen (secondary N) is 1. The van der Waals surface area contributed by atoms with Gasteiger partial charge in [0.2, 0.25) is 0 Å². The van der Waals surface area contributed by atoms with Crippen molar-refractivity contribution in [1.29, 1.82) is 0 Å². The first kappa shape index (κ1) is 41.5. The second-order valence-corrected chi connectivity index (χ2v) is 10.7. The lowest BCUT2D eigenvalue weighted by molar-refractivity contribution is -0.207. The predicted molar refractivity (Wildman–Crippen MR) is 163 cm³/mol. The van der Waals surface area contributed by atoms with Gasteiger partial charge in [0.15, 0.2) is 12.6 Å². The fourth-order valence-electron chi connectivity index (χ4n) is 3.67. The monoisotopic (exact) mass is 612 g/mol. The van der Waals surface area contributed by atoms with Gasteiger partial charge in [0.05, 0.1) is 104 Å². The Bertz CT molecular complexity index is 570. The average molecular weight is 613 g/mol. The Hall–Kier alpha value is -0.480. The molecule has 0 bridgehead atoms. The molecule has 0 fully saturated rings. The fourth-order valence-corrected chi connectivity index (χ4v) is 3.67. The Balaban J connectivity index is 3.87. The molecule has 12 heteroatoms. The summed E-state index contributed by atoms with van der Waals surface area (Å²) in [6, 6.07) is 0.0457. The van der Waals surface area contributed by atoms with E-state index in [0.29, 0.717) is 66.1 Å². The predicted octanol–water partition coefficient (Wildman–Crippen LogP) is 1.90. The number of aliphatic hydroxyl groups is 2. The van der Waals surface area contributed by atoms with Gasteiger partial charge in [0.1, 0.15) is 0 Å². The van der Waals surface area contributed by atoms with E-state index in [9.17, 15) is 10.2 Å². The molecule has 0 aromatic carbocycles. The second kappa shape index (κ2) is 28.0. The maximum Gasteiger partial charge on any atom is 0.173 e. The van der Waals surface area contributed by atoms with Crippen LogP contribution in [-0.4, -0.2) is 152 Å². The minimum atomic E-state index is -0.448. The van der Waals surface area contributed by atoms with Crippen molar-refractivity contribution < 1.29 is 48.1 Å². The van der Waals surface area contributed by atoms with Crippen LogP contribution in [0.3, 0.4) is 0 Å². The standard InChI is InChI=1S/C30H64N2O10/c1-9-27(20-33)41-29(25(5)31-11-3)39-18-16-35-12-14-37-22-24(4)23-38-15-13-36-17-19-40-30(26(6)32(7)8)42-28(10-2)21-34/h24-31,33-34H,9-23H2,1-8H3/t24?,25-,26-,27?,28?,29?,30?/m0/s1. The summed E-state index contributed by atoms with van der Waals surface area (Å²) < 4.78 is 46.2. The first-order valence-electron chi connectivity index (χ1n) is 15.7. The van der Waals surface area contributed by atoms with E-state index in [1.165, 1.54) is 0 Å². The van der Waals surface area contributed by atoms with Gasteiger partial charge < -0.3 is 58.3 Å². The highest BCUT2D eigenvalue weighted by Gasteiger charge is 2.24. The summed E-state index contributed by atoms with van der Waals surface area (Å²) in [7, 11) is 3.94. The van der Waals surface area contributed by atoms with Crippen LogP contribution in [0.15, 0.2) is 0 Å². The molecule has 0 aliphatic rings. The van der Waals surface area contributed by atoms with E-state index in [-0.39, 0.29) is 43.4 Å². The zero-order valence-electron chi connectivity index (χ0n) is 27.8. The minimum Gasteiger partial charge on any atom is -0.394 e. The van der Waals surface area contributed by atoms with Gasteiger partial charge in [-0.2, -0.15) is 0 Å². The SMILES string of the molecule is CCN[C@@H](C)C(OCCOCCOCC(C)COCCOCCOC(OC(CC)CO)[C@H](C)N(C)C)OC(CC)CO. The molecule has 0 amide bonds. The summed E-state index contributed by atoms with van der Waals surface area (Å²) in [6.07, 6.45) is 0.0645. The molecule has 3 N–H and O–H groups in total. The first-order chi connectivity index (χ1) is 20.2. The topological polar surface area (TPSA) is 130 Å². The Morgan fingerprint density at radius 1 is 0.619 bits per heavy atom. The van der Waals surface area contributed by atoms with Crippen molar-refractivity contribution in [2.24, 2.45) is 5.92 Å². The maximum atomic E-state index is 9.44. The third kappa shape index (κ3) is 21.3. The number of rotatable bonds is 31. The van der Waals surface area contributed by atoms with E-state index in [1.54, 1.807) is 0 Å². The molecule has 0 aliphatic heterocycles. The van der Waals surface area contributed by atoms with Gasteiger partial charge in [0, 0.05) is 5.92 Å². The van der Waals surface area contributed by atoms with Crippen LogP contribution in [0.4, 0.5) is 0 Å². The number of likely N-dealkylation sites (N-methyl/N-ethyl adjacent to an activating group) is 2.